The minimum Gasteiger partial charge on any atom is -0.507 e. The van der Waals surface area contributed by atoms with Gasteiger partial charge in [0.05, 0.1) is 22.5 Å². The molecule has 190 valence electrons. The van der Waals surface area contributed by atoms with Crippen molar-refractivity contribution in [1.29, 1.82) is 0 Å². The van der Waals surface area contributed by atoms with Crippen molar-refractivity contribution in [3.8, 4) is 23.0 Å². The fraction of sp³-hybridized carbons (Fsp3) is 0.0714. The number of para-hydroxylation sites is 2. The number of aliphatic imine (C=N–C) groups is 2. The third kappa shape index (κ3) is 4.24. The first-order valence-corrected chi connectivity index (χ1v) is 11.3. The molecule has 0 saturated heterocycles. The van der Waals surface area contributed by atoms with Crippen molar-refractivity contribution in [2.24, 2.45) is 9.98 Å². The molecular weight excluding hydrogens is 492 g/mol. The van der Waals surface area contributed by atoms with Crippen molar-refractivity contribution in [3.05, 3.63) is 91.6 Å². The molecule has 3 aromatic carbocycles. The highest BCUT2D eigenvalue weighted by Crippen LogP contribution is 2.36. The van der Waals surface area contributed by atoms with Gasteiger partial charge in [-0.05, 0) is 26.0 Å². The first-order chi connectivity index (χ1) is 18.1. The Bertz CT molecular complexity index is 1790. The van der Waals surface area contributed by atoms with E-state index < -0.39 is 22.4 Å². The molecule has 0 aliphatic rings. The zero-order chi connectivity index (χ0) is 27.1. The summed E-state index contributed by atoms with van der Waals surface area (Å²) in [5.74, 6) is -1.03. The van der Waals surface area contributed by atoms with Crippen LogP contribution in [0.3, 0.4) is 0 Å². The molecule has 10 heteroatoms. The molecule has 0 aliphatic carbocycles. The van der Waals surface area contributed by atoms with Crippen molar-refractivity contribution >= 4 is 45.7 Å². The minimum atomic E-state index is -0.487. The van der Waals surface area contributed by atoms with Crippen LogP contribution < -0.4 is 10.9 Å². The molecule has 4 N–H and O–H groups in total. The number of hydrogen-bond acceptors (Lipinski definition) is 10. The minimum absolute atomic E-state index is 0.0337. The van der Waals surface area contributed by atoms with Crippen LogP contribution >= 0.6 is 0 Å². The molecule has 0 radical (unpaired) electrons. The van der Waals surface area contributed by atoms with Gasteiger partial charge in [-0.1, -0.05) is 12.1 Å². The van der Waals surface area contributed by atoms with E-state index in [0.29, 0.717) is 22.9 Å². The van der Waals surface area contributed by atoms with Gasteiger partial charge in [0.25, 0.3) is 0 Å². The van der Waals surface area contributed by atoms with Crippen LogP contribution in [0.4, 0.5) is 11.4 Å². The van der Waals surface area contributed by atoms with Gasteiger partial charge in [-0.2, -0.15) is 0 Å². The number of rotatable bonds is 4. The van der Waals surface area contributed by atoms with Gasteiger partial charge in [-0.25, -0.2) is 0 Å². The summed E-state index contributed by atoms with van der Waals surface area (Å²) in [4.78, 5) is 33.4. The van der Waals surface area contributed by atoms with Crippen LogP contribution in [0, 0.1) is 13.8 Å². The van der Waals surface area contributed by atoms with E-state index in [2.05, 4.69) is 9.98 Å². The van der Waals surface area contributed by atoms with Gasteiger partial charge in [0.1, 0.15) is 56.5 Å². The second kappa shape index (κ2) is 9.25. The molecule has 0 bridgehead atoms. The van der Waals surface area contributed by atoms with Crippen LogP contribution in [0.5, 0.6) is 23.0 Å². The maximum atomic E-state index is 12.4. The molecule has 0 atom stereocenters. The summed E-state index contributed by atoms with van der Waals surface area (Å²) in [6.07, 6.45) is 2.35. The van der Waals surface area contributed by atoms with Crippen LogP contribution in [-0.4, -0.2) is 32.9 Å². The number of aromatic hydroxyl groups is 4. The monoisotopic (exact) mass is 512 g/mol. The zero-order valence-corrected chi connectivity index (χ0v) is 20.1. The Balaban J connectivity index is 1.56. The van der Waals surface area contributed by atoms with Gasteiger partial charge in [0.15, 0.2) is 10.9 Å². The lowest BCUT2D eigenvalue weighted by atomic mass is 10.1. The fourth-order valence-electron chi connectivity index (χ4n) is 4.06. The van der Waals surface area contributed by atoms with E-state index in [1.165, 1.54) is 36.7 Å². The van der Waals surface area contributed by atoms with Crippen LogP contribution in [0.2, 0.25) is 0 Å². The predicted molar refractivity (Wildman–Crippen MR) is 142 cm³/mol. The Kier molecular flexibility index (Phi) is 5.92. The second-order valence-corrected chi connectivity index (χ2v) is 8.51. The number of phenolic OH excluding ortho intramolecular Hbond substituents is 4. The van der Waals surface area contributed by atoms with Gasteiger partial charge < -0.3 is 29.3 Å². The highest BCUT2D eigenvalue weighted by Gasteiger charge is 2.17. The maximum absolute atomic E-state index is 12.4. The number of hydrogen-bond donors (Lipinski definition) is 4. The average molecular weight is 512 g/mol. The van der Waals surface area contributed by atoms with E-state index in [-0.39, 0.29) is 44.6 Å². The molecule has 2 heterocycles. The Hall–Kier alpha value is -5.38. The highest BCUT2D eigenvalue weighted by atomic mass is 16.3. The Morgan fingerprint density at radius 1 is 0.658 bits per heavy atom. The zero-order valence-electron chi connectivity index (χ0n) is 20.1. The molecule has 0 amide bonds. The number of benzene rings is 3. The van der Waals surface area contributed by atoms with Crippen LogP contribution in [0.1, 0.15) is 22.6 Å². The van der Waals surface area contributed by atoms with E-state index in [0.717, 1.165) is 0 Å². The van der Waals surface area contributed by atoms with Crippen LogP contribution in [-0.2, 0) is 0 Å². The Labute approximate surface area is 213 Å². The largest absolute Gasteiger partial charge is 0.507 e. The summed E-state index contributed by atoms with van der Waals surface area (Å²) < 4.78 is 10.8. The van der Waals surface area contributed by atoms with Gasteiger partial charge in [-0.15, -0.1) is 0 Å². The van der Waals surface area contributed by atoms with Crippen LogP contribution in [0.15, 0.2) is 76.9 Å². The summed E-state index contributed by atoms with van der Waals surface area (Å²) in [5.41, 5.74) is -0.474. The van der Waals surface area contributed by atoms with E-state index in [9.17, 15) is 30.0 Å². The molecule has 5 aromatic rings. The van der Waals surface area contributed by atoms with Gasteiger partial charge in [-0.3, -0.25) is 19.6 Å². The molecule has 0 saturated carbocycles. The lowest BCUT2D eigenvalue weighted by Crippen LogP contribution is -2.02. The summed E-state index contributed by atoms with van der Waals surface area (Å²) in [7, 11) is 0. The summed E-state index contributed by atoms with van der Waals surface area (Å²) in [5, 5.41) is 42.0. The maximum Gasteiger partial charge on any atom is 0.196 e. The fourth-order valence-corrected chi connectivity index (χ4v) is 4.06. The van der Waals surface area contributed by atoms with Gasteiger partial charge in [0, 0.05) is 36.7 Å². The molecule has 0 spiro atoms. The van der Waals surface area contributed by atoms with Gasteiger partial charge in [0.2, 0.25) is 0 Å². The van der Waals surface area contributed by atoms with Gasteiger partial charge >= 0.3 is 0 Å². The number of nitrogens with zero attached hydrogens (tertiary/aromatic N) is 2. The van der Waals surface area contributed by atoms with Crippen molar-refractivity contribution in [3.63, 3.8) is 0 Å². The lowest BCUT2D eigenvalue weighted by molar-refractivity contribution is 0.448. The molecular formula is C28H20N2O8. The van der Waals surface area contributed by atoms with E-state index >= 15 is 0 Å². The summed E-state index contributed by atoms with van der Waals surface area (Å²) in [6.45, 7) is 3.16. The third-order valence-corrected chi connectivity index (χ3v) is 5.81. The van der Waals surface area contributed by atoms with Crippen molar-refractivity contribution in [1.82, 2.24) is 0 Å². The topological polar surface area (TPSA) is 166 Å². The summed E-state index contributed by atoms with van der Waals surface area (Å²) in [6, 6.07) is 11.5. The Morgan fingerprint density at radius 3 is 1.45 bits per heavy atom. The van der Waals surface area contributed by atoms with Crippen molar-refractivity contribution in [2.75, 3.05) is 0 Å². The normalized spacial score (nSPS) is 11.8. The molecule has 0 aliphatic heterocycles. The SMILES string of the molecule is Cc1cc(=O)c2c(O)c(C=Nc3ccccc3N=Cc3c(O)cc4oc(C)cc(=O)c4c3O)c(O)cc2o1. The first-order valence-electron chi connectivity index (χ1n) is 11.3. The van der Waals surface area contributed by atoms with E-state index in [4.69, 9.17) is 8.83 Å². The van der Waals surface area contributed by atoms with Crippen LogP contribution in [0.25, 0.3) is 21.9 Å². The standard InChI is InChI=1S/C28H20N2O8/c1-13-7-21(33)25-23(37-13)9-19(31)15(27(25)35)11-29-17-5-3-4-6-18(17)30-12-16-20(32)10-24-26(28(16)36)22(34)8-14(2)38-24/h3-12,31-32,35-36H,1-2H3. The third-order valence-electron chi connectivity index (χ3n) is 5.81. The van der Waals surface area contributed by atoms with Crippen molar-refractivity contribution in [2.45, 2.75) is 13.8 Å². The molecule has 38 heavy (non-hydrogen) atoms. The second-order valence-electron chi connectivity index (χ2n) is 8.51. The summed E-state index contributed by atoms with van der Waals surface area (Å²) >= 11 is 0. The predicted octanol–water partition coefficient (Wildman–Crippen LogP) is 4.84. The molecule has 5 rings (SSSR count). The number of fused-ring (bicyclic) bond motifs is 2. The van der Waals surface area contributed by atoms with E-state index in [1.54, 1.807) is 38.1 Å². The number of phenols is 4. The Morgan fingerprint density at radius 2 is 1.05 bits per heavy atom. The smallest absolute Gasteiger partial charge is 0.196 e. The highest BCUT2D eigenvalue weighted by molar-refractivity contribution is 6.00. The average Bonchev–Trinajstić information content (AvgIpc) is 2.83. The first kappa shape index (κ1) is 24.3. The molecule has 0 unspecified atom stereocenters. The quantitative estimate of drug-likeness (QED) is 0.248. The van der Waals surface area contributed by atoms with Crippen molar-refractivity contribution < 1.29 is 29.3 Å². The molecule has 0 fully saturated rings. The molecule has 10 nitrogen and oxygen atoms in total. The molecule has 2 aromatic heterocycles. The van der Waals surface area contributed by atoms with E-state index in [1.807, 2.05) is 0 Å². The number of aryl methyl sites for hydroxylation is 2. The lowest BCUT2D eigenvalue weighted by Gasteiger charge is -2.08.